The summed E-state index contributed by atoms with van der Waals surface area (Å²) in [4.78, 5) is 10.2. The fourth-order valence-electron chi connectivity index (χ4n) is 1.47. The van der Waals surface area contributed by atoms with E-state index in [2.05, 4.69) is 4.90 Å². The number of ether oxygens (including phenoxy) is 1. The Hall–Kier alpha value is -1.22. The molecule has 0 amide bonds. The molecule has 1 aromatic carbocycles. The molecule has 24 heavy (non-hydrogen) atoms. The third-order valence-electron chi connectivity index (χ3n) is 2.67. The number of phenols is 1. The number of nitrogens with zero attached hydrogens (tertiary/aromatic N) is 1. The maximum absolute atomic E-state index is 8.63. The number of alkyl halides is 1. The molecule has 1 atom stereocenters. The molecule has 1 aliphatic rings. The normalized spacial score (nSPS) is 14.3. The lowest BCUT2D eigenvalue weighted by Gasteiger charge is -2.18. The minimum Gasteiger partial charge on any atom is -0.508 e. The van der Waals surface area contributed by atoms with Gasteiger partial charge in [-0.05, 0) is 12.1 Å². The highest BCUT2D eigenvalue weighted by molar-refractivity contribution is 6.18. The van der Waals surface area contributed by atoms with E-state index in [-0.39, 0.29) is 0 Å². The molecular weight excluding hydrogens is 332 g/mol. The number of nitrogens with two attached hydrogens (primary N) is 3. The highest BCUT2D eigenvalue weighted by atomic mass is 35.5. The second kappa shape index (κ2) is 19.8. The molecule has 2 rings (SSSR count). The van der Waals surface area contributed by atoms with Crippen molar-refractivity contribution in [2.45, 2.75) is 6.10 Å². The number of halogens is 1. The number of para-hydroxylation sites is 1. The van der Waals surface area contributed by atoms with E-state index in [1.807, 2.05) is 12.9 Å². The maximum Gasteiger partial charge on any atom is 0.115 e. The molecule has 0 radical (unpaired) electrons. The first-order chi connectivity index (χ1) is 11.7. The second-order valence-corrected chi connectivity index (χ2v) is 4.96. The van der Waals surface area contributed by atoms with Crippen LogP contribution in [-0.4, -0.2) is 74.7 Å². The Bertz CT molecular complexity index is 342. The van der Waals surface area contributed by atoms with Crippen LogP contribution in [0.2, 0.25) is 0 Å². The fraction of sp³-hybridized carbons (Fsp3) is 0.562. The molecule has 7 N–H and O–H groups in total. The average Bonchev–Trinajstić information content (AvgIpc) is 3.44. The zero-order valence-electron chi connectivity index (χ0n) is 14.1. The molecule has 7 nitrogen and oxygen atoms in total. The molecule has 0 aromatic heterocycles. The van der Waals surface area contributed by atoms with Crippen LogP contribution >= 0.6 is 11.6 Å². The van der Waals surface area contributed by atoms with Crippen LogP contribution in [0, 0.1) is 0 Å². The van der Waals surface area contributed by atoms with Crippen molar-refractivity contribution in [2.24, 2.45) is 17.2 Å². The van der Waals surface area contributed by atoms with Gasteiger partial charge in [-0.2, -0.15) is 0 Å². The molecule has 8 heteroatoms. The molecule has 1 saturated heterocycles. The molecule has 0 spiro atoms. The van der Waals surface area contributed by atoms with Crippen molar-refractivity contribution in [2.75, 3.05) is 51.8 Å². The van der Waals surface area contributed by atoms with E-state index in [1.165, 1.54) is 0 Å². The van der Waals surface area contributed by atoms with Crippen LogP contribution in [0.1, 0.15) is 0 Å². The van der Waals surface area contributed by atoms with Crippen LogP contribution in [0.15, 0.2) is 30.3 Å². The molecule has 0 saturated carbocycles. The molecule has 1 aliphatic heterocycles. The van der Waals surface area contributed by atoms with Gasteiger partial charge in [0, 0.05) is 39.3 Å². The highest BCUT2D eigenvalue weighted by Crippen LogP contribution is 2.08. The third kappa shape index (κ3) is 18.8. The smallest absolute Gasteiger partial charge is 0.115 e. The van der Waals surface area contributed by atoms with Crippen LogP contribution in [0.4, 0.5) is 0 Å². The Labute approximate surface area is 149 Å². The second-order valence-electron chi connectivity index (χ2n) is 4.65. The number of hydrogen-bond acceptors (Lipinski definition) is 7. The first kappa shape index (κ1) is 25.0. The topological polar surface area (TPSA) is 131 Å². The number of rotatable bonds is 7. The number of carbonyl (C=O) groups excluding carboxylic acids is 1. The van der Waals surface area contributed by atoms with Crippen molar-refractivity contribution in [3.8, 4) is 5.75 Å². The number of epoxide rings is 1. The number of aromatic hydroxyl groups is 1. The van der Waals surface area contributed by atoms with Gasteiger partial charge in [-0.25, -0.2) is 0 Å². The van der Waals surface area contributed by atoms with Gasteiger partial charge in [0.15, 0.2) is 0 Å². The minimum absolute atomic E-state index is 0.322. The Morgan fingerprint density at radius 2 is 1.50 bits per heavy atom. The lowest BCUT2D eigenvalue weighted by molar-refractivity contribution is -0.0979. The minimum atomic E-state index is 0.322. The van der Waals surface area contributed by atoms with Crippen molar-refractivity contribution in [3.05, 3.63) is 30.3 Å². The van der Waals surface area contributed by atoms with Crippen LogP contribution in [0.3, 0.4) is 0 Å². The van der Waals surface area contributed by atoms with Crippen molar-refractivity contribution in [1.29, 1.82) is 0 Å². The Balaban J connectivity index is 0. The Morgan fingerprint density at radius 3 is 1.67 bits per heavy atom. The van der Waals surface area contributed by atoms with Gasteiger partial charge in [-0.1, -0.05) is 18.2 Å². The first-order valence-electron chi connectivity index (χ1n) is 7.70. The number of hydrogen-bond donors (Lipinski definition) is 4. The van der Waals surface area contributed by atoms with E-state index in [0.29, 0.717) is 37.4 Å². The molecule has 1 heterocycles. The van der Waals surface area contributed by atoms with Crippen molar-refractivity contribution < 1.29 is 14.6 Å². The Kier molecular flexibility index (Phi) is 20.7. The molecule has 1 fully saturated rings. The SMILES string of the molecule is C=O.ClCC1CO1.NCCN(CCN)CCN.Oc1ccccc1. The molecule has 1 unspecified atom stereocenters. The standard InChI is InChI=1S/C6H18N4.C6H6O.C3H5ClO.CH2O/c7-1-4-10(5-2-8)6-3-9;7-6-4-2-1-3-5-6;4-1-3-2-5-3;1-2/h1-9H2;1-5,7H;3H,1-2H2;1H2. The Morgan fingerprint density at radius 1 is 1.08 bits per heavy atom. The summed E-state index contributed by atoms with van der Waals surface area (Å²) in [5.74, 6) is 0.988. The summed E-state index contributed by atoms with van der Waals surface area (Å²) in [7, 11) is 0. The fourth-order valence-corrected chi connectivity index (χ4v) is 1.65. The van der Waals surface area contributed by atoms with Gasteiger partial charge >= 0.3 is 0 Å². The van der Waals surface area contributed by atoms with Crippen LogP contribution in [0.25, 0.3) is 0 Å². The predicted octanol–water partition coefficient (Wildman–Crippen LogP) is -0.00420. The largest absolute Gasteiger partial charge is 0.508 e. The summed E-state index contributed by atoms with van der Waals surface area (Å²) < 4.78 is 4.73. The van der Waals surface area contributed by atoms with Gasteiger partial charge in [0.25, 0.3) is 0 Å². The lowest BCUT2D eigenvalue weighted by atomic mass is 10.3. The van der Waals surface area contributed by atoms with Gasteiger partial charge in [0.1, 0.15) is 12.5 Å². The quantitative estimate of drug-likeness (QED) is 0.396. The van der Waals surface area contributed by atoms with E-state index < -0.39 is 0 Å². The zero-order valence-corrected chi connectivity index (χ0v) is 14.9. The number of carbonyl (C=O) groups is 1. The van der Waals surface area contributed by atoms with E-state index in [4.69, 9.17) is 43.4 Å². The summed E-state index contributed by atoms with van der Waals surface area (Å²) in [5, 5.41) is 8.63. The first-order valence-corrected chi connectivity index (χ1v) is 8.24. The van der Waals surface area contributed by atoms with Crippen LogP contribution < -0.4 is 17.2 Å². The van der Waals surface area contributed by atoms with Gasteiger partial charge in [0.05, 0.1) is 18.6 Å². The van der Waals surface area contributed by atoms with Gasteiger partial charge in [-0.3, -0.25) is 4.90 Å². The van der Waals surface area contributed by atoms with Gasteiger partial charge < -0.3 is 31.8 Å². The summed E-state index contributed by atoms with van der Waals surface area (Å²) in [6.07, 6.45) is 0.400. The zero-order chi connectivity index (χ0) is 18.6. The van der Waals surface area contributed by atoms with E-state index in [0.717, 1.165) is 26.2 Å². The number of phenolic OH excluding ortho intramolecular Hbond substituents is 1. The molecule has 0 bridgehead atoms. The van der Waals surface area contributed by atoms with Crippen LogP contribution in [-0.2, 0) is 9.53 Å². The summed E-state index contributed by atoms with van der Waals surface area (Å²) in [6, 6.07) is 8.71. The van der Waals surface area contributed by atoms with Crippen molar-refractivity contribution >= 4 is 18.4 Å². The average molecular weight is 363 g/mol. The lowest BCUT2D eigenvalue weighted by Crippen LogP contribution is -2.37. The number of benzene rings is 1. The molecule has 140 valence electrons. The van der Waals surface area contributed by atoms with Gasteiger partial charge in [0.2, 0.25) is 0 Å². The van der Waals surface area contributed by atoms with E-state index in [9.17, 15) is 0 Å². The molecule has 1 aromatic rings. The van der Waals surface area contributed by atoms with Gasteiger partial charge in [-0.15, -0.1) is 11.6 Å². The van der Waals surface area contributed by atoms with E-state index >= 15 is 0 Å². The van der Waals surface area contributed by atoms with E-state index in [1.54, 1.807) is 24.3 Å². The summed E-state index contributed by atoms with van der Waals surface area (Å²) in [6.45, 7) is 7.61. The van der Waals surface area contributed by atoms with Crippen molar-refractivity contribution in [3.63, 3.8) is 0 Å². The highest BCUT2D eigenvalue weighted by Gasteiger charge is 2.19. The maximum atomic E-state index is 8.63. The van der Waals surface area contributed by atoms with Crippen molar-refractivity contribution in [1.82, 2.24) is 4.90 Å². The monoisotopic (exact) mass is 362 g/mol. The van der Waals surface area contributed by atoms with Crippen LogP contribution in [0.5, 0.6) is 5.75 Å². The molecular formula is C16H31ClN4O3. The third-order valence-corrected chi connectivity index (χ3v) is 3.01. The molecule has 0 aliphatic carbocycles. The summed E-state index contributed by atoms with van der Waals surface area (Å²) >= 11 is 5.27. The predicted molar refractivity (Wildman–Crippen MR) is 99.3 cm³/mol. The summed E-state index contributed by atoms with van der Waals surface area (Å²) in [5.41, 5.74) is 16.1.